The van der Waals surface area contributed by atoms with Crippen molar-refractivity contribution in [1.29, 1.82) is 0 Å². The van der Waals surface area contributed by atoms with Gasteiger partial charge in [0.1, 0.15) is 0 Å². The van der Waals surface area contributed by atoms with Crippen LogP contribution in [0, 0.1) is 12.3 Å². The van der Waals surface area contributed by atoms with Crippen molar-refractivity contribution in [2.75, 3.05) is 11.9 Å². The van der Waals surface area contributed by atoms with Gasteiger partial charge in [-0.25, -0.2) is 0 Å². The first-order chi connectivity index (χ1) is 18.8. The van der Waals surface area contributed by atoms with Crippen molar-refractivity contribution < 1.29 is 19.4 Å². The normalized spacial score (nSPS) is 11.6. The summed E-state index contributed by atoms with van der Waals surface area (Å²) in [5.74, 6) is -1.23. The summed E-state index contributed by atoms with van der Waals surface area (Å²) in [4.78, 5) is 29.0. The largest absolute Gasteiger partial charge is 0.481 e. The van der Waals surface area contributed by atoms with Gasteiger partial charge in [0.05, 0.1) is 23.4 Å². The third-order valence-electron chi connectivity index (χ3n) is 7.13. The number of carboxylic acids is 1. The van der Waals surface area contributed by atoms with Crippen LogP contribution in [0.1, 0.15) is 74.0 Å². The van der Waals surface area contributed by atoms with E-state index in [1.165, 1.54) is 11.1 Å². The molecule has 0 radical (unpaired) electrons. The van der Waals surface area contributed by atoms with Crippen molar-refractivity contribution in [2.24, 2.45) is 5.41 Å². The molecule has 6 nitrogen and oxygen atoms in total. The molecule has 0 bridgehead atoms. The lowest BCUT2D eigenvalue weighted by Gasteiger charge is -2.25. The molecule has 2 aromatic carbocycles. The number of aliphatic carboxylic acids is 1. The maximum atomic E-state index is 12.6. The number of amides is 1. The van der Waals surface area contributed by atoms with Crippen molar-refractivity contribution in [3.8, 4) is 0 Å². The zero-order valence-electron chi connectivity index (χ0n) is 23.3. The van der Waals surface area contributed by atoms with Crippen LogP contribution < -0.4 is 5.32 Å². The molecule has 0 saturated heterocycles. The van der Waals surface area contributed by atoms with Gasteiger partial charge in [-0.15, -0.1) is 0 Å². The van der Waals surface area contributed by atoms with E-state index in [1.54, 1.807) is 19.9 Å². The SMILES string of the molecule is CCC(CC)(CC(=O)Nc1cccc(/C=C/c2cccc(COCCCCc3ccc(C)cc3)n2)c1)C(=O)O. The fourth-order valence-electron chi connectivity index (χ4n) is 4.43. The van der Waals surface area contributed by atoms with E-state index in [0.29, 0.717) is 31.7 Å². The van der Waals surface area contributed by atoms with E-state index in [4.69, 9.17) is 4.74 Å². The Morgan fingerprint density at radius 2 is 1.72 bits per heavy atom. The molecule has 0 atom stereocenters. The molecule has 0 aliphatic rings. The number of rotatable bonds is 15. The molecule has 6 heteroatoms. The average Bonchev–Trinajstić information content (AvgIpc) is 2.94. The highest BCUT2D eigenvalue weighted by atomic mass is 16.5. The molecule has 2 N–H and O–H groups in total. The number of hydrogen-bond acceptors (Lipinski definition) is 4. The van der Waals surface area contributed by atoms with E-state index in [0.717, 1.165) is 36.2 Å². The summed E-state index contributed by atoms with van der Waals surface area (Å²) in [6, 6.07) is 22.0. The number of pyridine rings is 1. The van der Waals surface area contributed by atoms with Crippen LogP contribution in [0.15, 0.2) is 66.7 Å². The Labute approximate surface area is 232 Å². The number of anilines is 1. The number of carbonyl (C=O) groups is 2. The maximum absolute atomic E-state index is 12.6. The Morgan fingerprint density at radius 3 is 2.44 bits per heavy atom. The molecular weight excluding hydrogens is 488 g/mol. The fourth-order valence-corrected chi connectivity index (χ4v) is 4.43. The second kappa shape index (κ2) is 15.0. The van der Waals surface area contributed by atoms with Crippen molar-refractivity contribution in [3.63, 3.8) is 0 Å². The van der Waals surface area contributed by atoms with E-state index in [9.17, 15) is 14.7 Å². The topological polar surface area (TPSA) is 88.5 Å². The standard InChI is InChI=1S/C33H40N2O4/c1-4-33(5-2,32(37)38)23-31(36)35-29-13-8-11-27(22-29)19-20-28-12-9-14-30(34-28)24-39-21-7-6-10-26-17-15-25(3)16-18-26/h8-9,11-20,22H,4-7,10,21,23-24H2,1-3H3,(H,35,36)(H,37,38)/b20-19+. The zero-order valence-corrected chi connectivity index (χ0v) is 23.3. The smallest absolute Gasteiger partial charge is 0.310 e. The highest BCUT2D eigenvalue weighted by Crippen LogP contribution is 2.31. The minimum atomic E-state index is -1.04. The first-order valence-electron chi connectivity index (χ1n) is 13.7. The van der Waals surface area contributed by atoms with Gasteiger partial charge >= 0.3 is 5.97 Å². The van der Waals surface area contributed by atoms with Crippen molar-refractivity contribution in [1.82, 2.24) is 4.98 Å². The van der Waals surface area contributed by atoms with E-state index >= 15 is 0 Å². The monoisotopic (exact) mass is 528 g/mol. The number of carboxylic acid groups (broad SMARTS) is 1. The minimum Gasteiger partial charge on any atom is -0.481 e. The Balaban J connectivity index is 1.48. The number of aromatic nitrogens is 1. The molecular formula is C33H40N2O4. The lowest BCUT2D eigenvalue weighted by atomic mass is 9.79. The molecule has 1 aromatic heterocycles. The van der Waals surface area contributed by atoms with Crippen LogP contribution in [0.25, 0.3) is 12.2 Å². The average molecular weight is 529 g/mol. The molecule has 0 aliphatic carbocycles. The van der Waals surface area contributed by atoms with Crippen LogP contribution in [0.5, 0.6) is 0 Å². The molecule has 0 unspecified atom stereocenters. The third-order valence-corrected chi connectivity index (χ3v) is 7.13. The van der Waals surface area contributed by atoms with Gasteiger partial charge in [0.15, 0.2) is 0 Å². The molecule has 0 aliphatic heterocycles. The van der Waals surface area contributed by atoms with E-state index in [-0.39, 0.29) is 12.3 Å². The molecule has 0 saturated carbocycles. The molecule has 39 heavy (non-hydrogen) atoms. The quantitative estimate of drug-likeness (QED) is 0.202. The first kappa shape index (κ1) is 29.8. The molecule has 206 valence electrons. The number of carbonyl (C=O) groups excluding carboxylic acids is 1. The van der Waals surface area contributed by atoms with Crippen molar-refractivity contribution in [2.45, 2.75) is 65.9 Å². The van der Waals surface area contributed by atoms with Crippen LogP contribution in [0.2, 0.25) is 0 Å². The van der Waals surface area contributed by atoms with Gasteiger partial charge in [-0.05, 0) is 80.5 Å². The summed E-state index contributed by atoms with van der Waals surface area (Å²) in [6.45, 7) is 6.89. The van der Waals surface area contributed by atoms with E-state index in [1.807, 2.05) is 48.6 Å². The van der Waals surface area contributed by atoms with E-state index < -0.39 is 11.4 Å². The van der Waals surface area contributed by atoms with Gasteiger partial charge in [0, 0.05) is 18.7 Å². The second-order valence-corrected chi connectivity index (χ2v) is 10.0. The summed E-state index contributed by atoms with van der Waals surface area (Å²) in [6.07, 6.45) is 7.78. The predicted octanol–water partition coefficient (Wildman–Crippen LogP) is 7.32. The molecule has 3 aromatic rings. The molecule has 1 heterocycles. The highest BCUT2D eigenvalue weighted by molar-refractivity contribution is 5.94. The lowest BCUT2D eigenvalue weighted by molar-refractivity contribution is -0.151. The number of ether oxygens (including phenoxy) is 1. The summed E-state index contributed by atoms with van der Waals surface area (Å²) in [5.41, 5.74) is 4.85. The van der Waals surface area contributed by atoms with Gasteiger partial charge in [0.25, 0.3) is 0 Å². The van der Waals surface area contributed by atoms with Crippen LogP contribution in [0.4, 0.5) is 5.69 Å². The van der Waals surface area contributed by atoms with Gasteiger partial charge in [-0.1, -0.05) is 68.0 Å². The number of aryl methyl sites for hydroxylation is 2. The minimum absolute atomic E-state index is 0.0546. The third kappa shape index (κ3) is 9.48. The van der Waals surface area contributed by atoms with Crippen molar-refractivity contribution in [3.05, 3.63) is 94.8 Å². The molecule has 1 amide bonds. The fraction of sp³-hybridized carbons (Fsp3) is 0.364. The Hall–Kier alpha value is -3.77. The number of nitrogens with one attached hydrogen (secondary N) is 1. The zero-order chi connectivity index (χ0) is 28.1. The Morgan fingerprint density at radius 1 is 0.974 bits per heavy atom. The number of benzene rings is 2. The van der Waals surface area contributed by atoms with Gasteiger partial charge in [-0.2, -0.15) is 0 Å². The summed E-state index contributed by atoms with van der Waals surface area (Å²) in [5, 5.41) is 12.5. The first-order valence-corrected chi connectivity index (χ1v) is 13.7. The predicted molar refractivity (Wildman–Crippen MR) is 157 cm³/mol. The molecule has 3 rings (SSSR count). The van der Waals surface area contributed by atoms with E-state index in [2.05, 4.69) is 41.5 Å². The van der Waals surface area contributed by atoms with Crippen LogP contribution in [-0.4, -0.2) is 28.6 Å². The second-order valence-electron chi connectivity index (χ2n) is 10.0. The summed E-state index contributed by atoms with van der Waals surface area (Å²) in [7, 11) is 0. The molecule has 0 fully saturated rings. The van der Waals surface area contributed by atoms with Crippen LogP contribution in [-0.2, 0) is 27.4 Å². The highest BCUT2D eigenvalue weighted by Gasteiger charge is 2.37. The Bertz CT molecular complexity index is 1250. The van der Waals surface area contributed by atoms with Crippen LogP contribution in [0.3, 0.4) is 0 Å². The summed E-state index contributed by atoms with van der Waals surface area (Å²) < 4.78 is 5.85. The lowest BCUT2D eigenvalue weighted by Crippen LogP contribution is -2.34. The van der Waals surface area contributed by atoms with Gasteiger partial charge in [0.2, 0.25) is 5.91 Å². The van der Waals surface area contributed by atoms with Crippen molar-refractivity contribution >= 4 is 29.7 Å². The van der Waals surface area contributed by atoms with Gasteiger partial charge in [-0.3, -0.25) is 14.6 Å². The van der Waals surface area contributed by atoms with Crippen LogP contribution >= 0.6 is 0 Å². The maximum Gasteiger partial charge on any atom is 0.310 e. The number of hydrogen-bond donors (Lipinski definition) is 2. The number of unbranched alkanes of at least 4 members (excludes halogenated alkanes) is 1. The molecule has 0 spiro atoms. The summed E-state index contributed by atoms with van der Waals surface area (Å²) >= 11 is 0. The number of nitrogens with zero attached hydrogens (tertiary/aromatic N) is 1. The van der Waals surface area contributed by atoms with Gasteiger partial charge < -0.3 is 15.2 Å². The Kier molecular flexibility index (Phi) is 11.4.